The number of ether oxygens (including phenoxy) is 1. The van der Waals surface area contributed by atoms with E-state index in [1.54, 1.807) is 31.2 Å². The minimum Gasteiger partial charge on any atom is -0.383 e. The third-order valence-electron chi connectivity index (χ3n) is 2.77. The van der Waals surface area contributed by atoms with Gasteiger partial charge in [-0.2, -0.15) is 4.68 Å². The third kappa shape index (κ3) is 3.85. The molecule has 0 saturated carbocycles. The maximum Gasteiger partial charge on any atom is 0.313 e. The number of anilines is 1. The van der Waals surface area contributed by atoms with Crippen LogP contribution in [0.1, 0.15) is 5.82 Å². The number of amides is 2. The minimum atomic E-state index is -0.748. The number of carbonyl (C=O) groups excluding carboxylic acids is 2. The lowest BCUT2D eigenvalue weighted by Gasteiger charge is -2.08. The molecular weight excluding hydrogens is 288 g/mol. The topological polar surface area (TPSA) is 111 Å². The molecule has 0 atom stereocenters. The molecule has 0 saturated heterocycles. The summed E-state index contributed by atoms with van der Waals surface area (Å²) in [6.45, 7) is 2.37. The summed E-state index contributed by atoms with van der Waals surface area (Å²) in [5.74, 6) is -0.858. The zero-order valence-electron chi connectivity index (χ0n) is 12.2. The van der Waals surface area contributed by atoms with E-state index in [-0.39, 0.29) is 6.54 Å². The van der Waals surface area contributed by atoms with Gasteiger partial charge in [-0.25, -0.2) is 0 Å². The summed E-state index contributed by atoms with van der Waals surface area (Å²) in [4.78, 5) is 23.3. The molecule has 2 rings (SSSR count). The molecule has 9 nitrogen and oxygen atoms in total. The van der Waals surface area contributed by atoms with Crippen LogP contribution in [0.15, 0.2) is 24.3 Å². The van der Waals surface area contributed by atoms with Gasteiger partial charge in [0.25, 0.3) is 0 Å². The second-order valence-electron chi connectivity index (χ2n) is 4.39. The van der Waals surface area contributed by atoms with Crippen LogP contribution in [0.2, 0.25) is 0 Å². The smallest absolute Gasteiger partial charge is 0.313 e. The molecule has 2 aromatic rings. The molecule has 0 aliphatic rings. The Kier molecular flexibility index (Phi) is 5.15. The number of tetrazole rings is 1. The lowest BCUT2D eigenvalue weighted by molar-refractivity contribution is -0.136. The van der Waals surface area contributed by atoms with Gasteiger partial charge in [0, 0.05) is 19.3 Å². The maximum atomic E-state index is 11.8. The van der Waals surface area contributed by atoms with Gasteiger partial charge in [0.05, 0.1) is 12.3 Å². The Balaban J connectivity index is 2.03. The number of nitrogens with one attached hydrogen (secondary N) is 2. The molecule has 0 bridgehead atoms. The summed E-state index contributed by atoms with van der Waals surface area (Å²) in [5, 5.41) is 16.1. The van der Waals surface area contributed by atoms with E-state index in [9.17, 15) is 9.59 Å². The number of rotatable bonds is 5. The number of hydrogen-bond donors (Lipinski definition) is 2. The van der Waals surface area contributed by atoms with Crippen molar-refractivity contribution in [2.45, 2.75) is 6.92 Å². The highest BCUT2D eigenvalue weighted by atomic mass is 16.5. The molecule has 1 heterocycles. The third-order valence-corrected chi connectivity index (χ3v) is 2.77. The number of hydrogen-bond acceptors (Lipinski definition) is 6. The predicted molar refractivity (Wildman–Crippen MR) is 77.4 cm³/mol. The van der Waals surface area contributed by atoms with Gasteiger partial charge >= 0.3 is 11.8 Å². The fourth-order valence-corrected chi connectivity index (χ4v) is 1.72. The number of benzene rings is 1. The highest BCUT2D eigenvalue weighted by molar-refractivity contribution is 6.39. The molecule has 1 aromatic carbocycles. The number of aryl methyl sites for hydroxylation is 1. The summed E-state index contributed by atoms with van der Waals surface area (Å²) in [5.41, 5.74) is 1.15. The second kappa shape index (κ2) is 7.27. The Morgan fingerprint density at radius 1 is 1.32 bits per heavy atom. The minimum absolute atomic E-state index is 0.270. The SMILES string of the molecule is COCCNC(=O)C(=O)Nc1cccc(-n2nnnc2C)c1. The van der Waals surface area contributed by atoms with Crippen molar-refractivity contribution < 1.29 is 14.3 Å². The fraction of sp³-hybridized carbons (Fsp3) is 0.308. The van der Waals surface area contributed by atoms with Crippen molar-refractivity contribution >= 4 is 17.5 Å². The molecule has 2 N–H and O–H groups in total. The highest BCUT2D eigenvalue weighted by Crippen LogP contribution is 2.14. The van der Waals surface area contributed by atoms with E-state index in [0.717, 1.165) is 0 Å². The van der Waals surface area contributed by atoms with Gasteiger partial charge in [-0.1, -0.05) is 6.07 Å². The van der Waals surface area contributed by atoms with Gasteiger partial charge in [0.15, 0.2) is 5.82 Å². The van der Waals surface area contributed by atoms with E-state index >= 15 is 0 Å². The Hall–Kier alpha value is -2.81. The molecular formula is C13H16N6O3. The summed E-state index contributed by atoms with van der Waals surface area (Å²) < 4.78 is 6.31. The maximum absolute atomic E-state index is 11.8. The Bertz CT molecular complexity index is 669. The van der Waals surface area contributed by atoms with Gasteiger partial charge in [0.1, 0.15) is 0 Å². The molecule has 116 valence electrons. The molecule has 1 aromatic heterocycles. The number of carbonyl (C=O) groups is 2. The normalized spacial score (nSPS) is 10.3. The van der Waals surface area contributed by atoms with Crippen LogP contribution in [-0.2, 0) is 14.3 Å². The van der Waals surface area contributed by atoms with Crippen LogP contribution in [-0.4, -0.2) is 52.3 Å². The van der Waals surface area contributed by atoms with Gasteiger partial charge in [-0.15, -0.1) is 5.10 Å². The Labute approximate surface area is 126 Å². The van der Waals surface area contributed by atoms with Gasteiger partial charge < -0.3 is 15.4 Å². The van der Waals surface area contributed by atoms with Crippen molar-refractivity contribution in [3.05, 3.63) is 30.1 Å². The molecule has 0 unspecified atom stereocenters. The molecule has 0 fully saturated rings. The van der Waals surface area contributed by atoms with Crippen molar-refractivity contribution in [1.82, 2.24) is 25.5 Å². The highest BCUT2D eigenvalue weighted by Gasteiger charge is 2.13. The zero-order valence-corrected chi connectivity index (χ0v) is 12.2. The Morgan fingerprint density at radius 2 is 2.14 bits per heavy atom. The van der Waals surface area contributed by atoms with Crippen LogP contribution >= 0.6 is 0 Å². The van der Waals surface area contributed by atoms with Crippen molar-refractivity contribution in [1.29, 1.82) is 0 Å². The zero-order chi connectivity index (χ0) is 15.9. The molecule has 0 radical (unpaired) electrons. The molecule has 0 aliphatic heterocycles. The van der Waals surface area contributed by atoms with Crippen LogP contribution < -0.4 is 10.6 Å². The van der Waals surface area contributed by atoms with Crippen LogP contribution in [0.5, 0.6) is 0 Å². The van der Waals surface area contributed by atoms with Crippen molar-refractivity contribution in [3.63, 3.8) is 0 Å². The molecule has 0 spiro atoms. The van der Waals surface area contributed by atoms with Crippen LogP contribution in [0.4, 0.5) is 5.69 Å². The Morgan fingerprint density at radius 3 is 2.82 bits per heavy atom. The summed E-state index contributed by atoms with van der Waals surface area (Å²) in [6, 6.07) is 6.86. The van der Waals surface area contributed by atoms with E-state index in [4.69, 9.17) is 4.74 Å². The van der Waals surface area contributed by atoms with Crippen LogP contribution in [0.25, 0.3) is 5.69 Å². The molecule has 9 heteroatoms. The largest absolute Gasteiger partial charge is 0.383 e. The van der Waals surface area contributed by atoms with Gasteiger partial charge in [0.2, 0.25) is 0 Å². The average Bonchev–Trinajstić information content (AvgIpc) is 2.94. The van der Waals surface area contributed by atoms with E-state index in [0.29, 0.717) is 23.8 Å². The molecule has 0 aliphatic carbocycles. The van der Waals surface area contributed by atoms with Gasteiger partial charge in [-0.05, 0) is 35.5 Å². The van der Waals surface area contributed by atoms with Crippen LogP contribution in [0.3, 0.4) is 0 Å². The fourth-order valence-electron chi connectivity index (χ4n) is 1.72. The second-order valence-corrected chi connectivity index (χ2v) is 4.39. The van der Waals surface area contributed by atoms with E-state index < -0.39 is 11.8 Å². The quantitative estimate of drug-likeness (QED) is 0.578. The van der Waals surface area contributed by atoms with Crippen molar-refractivity contribution in [2.24, 2.45) is 0 Å². The average molecular weight is 304 g/mol. The molecule has 2 amide bonds. The standard InChI is InChI=1S/C13H16N6O3/c1-9-16-17-18-19(9)11-5-3-4-10(8-11)15-13(21)12(20)14-6-7-22-2/h3-5,8H,6-7H2,1-2H3,(H,14,20)(H,15,21). The first-order valence-electron chi connectivity index (χ1n) is 6.55. The van der Waals surface area contributed by atoms with Gasteiger partial charge in [-0.3, -0.25) is 9.59 Å². The number of methoxy groups -OCH3 is 1. The van der Waals surface area contributed by atoms with E-state index in [1.807, 2.05) is 0 Å². The van der Waals surface area contributed by atoms with Crippen LogP contribution in [0, 0.1) is 6.92 Å². The lowest BCUT2D eigenvalue weighted by atomic mass is 10.2. The summed E-state index contributed by atoms with van der Waals surface area (Å²) >= 11 is 0. The lowest BCUT2D eigenvalue weighted by Crippen LogP contribution is -2.37. The monoisotopic (exact) mass is 304 g/mol. The number of nitrogens with zero attached hydrogens (tertiary/aromatic N) is 4. The van der Waals surface area contributed by atoms with E-state index in [1.165, 1.54) is 11.8 Å². The molecule has 22 heavy (non-hydrogen) atoms. The van der Waals surface area contributed by atoms with Crippen molar-refractivity contribution in [2.75, 3.05) is 25.6 Å². The predicted octanol–water partition coefficient (Wildman–Crippen LogP) is -0.328. The summed E-state index contributed by atoms with van der Waals surface area (Å²) in [6.07, 6.45) is 0. The first-order chi connectivity index (χ1) is 10.6. The van der Waals surface area contributed by atoms with E-state index in [2.05, 4.69) is 26.2 Å². The first-order valence-corrected chi connectivity index (χ1v) is 6.55. The first kappa shape index (κ1) is 15.6. The number of aromatic nitrogens is 4. The van der Waals surface area contributed by atoms with Crippen molar-refractivity contribution in [3.8, 4) is 5.69 Å². The summed E-state index contributed by atoms with van der Waals surface area (Å²) in [7, 11) is 1.51.